The summed E-state index contributed by atoms with van der Waals surface area (Å²) >= 11 is 10.9. The molecule has 162 valence electrons. The Kier molecular flexibility index (Phi) is 6.17. The van der Waals surface area contributed by atoms with Crippen LogP contribution < -0.4 is 15.4 Å². The van der Waals surface area contributed by atoms with Crippen LogP contribution in [0.3, 0.4) is 0 Å². The number of fused-ring (bicyclic) bond motifs is 1. The summed E-state index contributed by atoms with van der Waals surface area (Å²) < 4.78 is 41.3. The number of nitrogens with zero attached hydrogens (tertiary/aromatic N) is 2. The summed E-state index contributed by atoms with van der Waals surface area (Å²) in [6.45, 7) is 0. The van der Waals surface area contributed by atoms with E-state index in [1.54, 1.807) is 36.4 Å². The van der Waals surface area contributed by atoms with Crippen LogP contribution >= 0.6 is 23.8 Å². The van der Waals surface area contributed by atoms with Crippen molar-refractivity contribution in [1.82, 2.24) is 9.97 Å². The average molecular weight is 488 g/mol. The van der Waals surface area contributed by atoms with Gasteiger partial charge in [0, 0.05) is 11.4 Å². The van der Waals surface area contributed by atoms with Crippen molar-refractivity contribution in [2.75, 3.05) is 15.4 Å². The molecule has 0 atom stereocenters. The molecule has 0 amide bonds. The summed E-state index contributed by atoms with van der Waals surface area (Å²) in [6, 6.07) is 17.3. The van der Waals surface area contributed by atoms with E-state index in [1.165, 1.54) is 30.5 Å². The summed E-state index contributed by atoms with van der Waals surface area (Å²) in [5, 5.41) is 5.94. The van der Waals surface area contributed by atoms with Crippen molar-refractivity contribution in [2.45, 2.75) is 4.90 Å². The largest absolute Gasteiger partial charge is 0.332 e. The number of benzene rings is 3. The van der Waals surface area contributed by atoms with Gasteiger partial charge in [0.25, 0.3) is 10.0 Å². The molecule has 0 unspecified atom stereocenters. The molecule has 0 radical (unpaired) electrons. The van der Waals surface area contributed by atoms with Crippen LogP contribution in [-0.2, 0) is 10.0 Å². The predicted molar refractivity (Wildman–Crippen MR) is 128 cm³/mol. The quantitative estimate of drug-likeness (QED) is 0.340. The molecular formula is C21H15ClFN5O2S2. The molecular weight excluding hydrogens is 473 g/mol. The third-order valence-corrected chi connectivity index (χ3v) is 6.17. The minimum atomic E-state index is -3.87. The topological polar surface area (TPSA) is 96.0 Å². The first-order valence-electron chi connectivity index (χ1n) is 9.18. The van der Waals surface area contributed by atoms with E-state index in [4.69, 9.17) is 23.8 Å². The highest BCUT2D eigenvalue weighted by molar-refractivity contribution is 7.92. The van der Waals surface area contributed by atoms with E-state index in [0.29, 0.717) is 22.4 Å². The maximum atomic E-state index is 13.5. The minimum Gasteiger partial charge on any atom is -0.332 e. The highest BCUT2D eigenvalue weighted by Gasteiger charge is 2.15. The van der Waals surface area contributed by atoms with Gasteiger partial charge in [-0.05, 0) is 66.8 Å². The van der Waals surface area contributed by atoms with E-state index in [2.05, 4.69) is 25.3 Å². The molecule has 0 aliphatic carbocycles. The molecule has 11 heteroatoms. The van der Waals surface area contributed by atoms with Crippen molar-refractivity contribution in [3.05, 3.63) is 83.8 Å². The van der Waals surface area contributed by atoms with Crippen molar-refractivity contribution in [3.63, 3.8) is 0 Å². The van der Waals surface area contributed by atoms with Crippen LogP contribution in [0.25, 0.3) is 11.0 Å². The number of nitrogens with one attached hydrogen (secondary N) is 3. The first kappa shape index (κ1) is 21.9. The molecule has 0 aliphatic rings. The lowest BCUT2D eigenvalue weighted by atomic mass is 10.3. The molecule has 0 saturated carbocycles. The summed E-state index contributed by atoms with van der Waals surface area (Å²) in [5.41, 5.74) is 2.20. The monoisotopic (exact) mass is 487 g/mol. The van der Waals surface area contributed by atoms with Gasteiger partial charge in [-0.1, -0.05) is 23.7 Å². The van der Waals surface area contributed by atoms with Crippen molar-refractivity contribution < 1.29 is 12.8 Å². The van der Waals surface area contributed by atoms with Gasteiger partial charge in [-0.15, -0.1) is 0 Å². The first-order chi connectivity index (χ1) is 15.3. The van der Waals surface area contributed by atoms with Crippen LogP contribution in [0.4, 0.5) is 21.6 Å². The molecule has 7 nitrogen and oxygen atoms in total. The summed E-state index contributed by atoms with van der Waals surface area (Å²) in [5.74, 6) is -0.455. The van der Waals surface area contributed by atoms with E-state index in [1.807, 2.05) is 6.07 Å². The lowest BCUT2D eigenvalue weighted by molar-refractivity contribution is 0.601. The number of hydrogen-bond acceptors (Lipinski definition) is 5. The van der Waals surface area contributed by atoms with E-state index in [0.717, 1.165) is 0 Å². The number of anilines is 3. The molecule has 0 spiro atoms. The van der Waals surface area contributed by atoms with Crippen LogP contribution in [0, 0.1) is 5.82 Å². The van der Waals surface area contributed by atoms with Crippen molar-refractivity contribution in [1.29, 1.82) is 0 Å². The zero-order valence-electron chi connectivity index (χ0n) is 16.2. The van der Waals surface area contributed by atoms with Crippen molar-refractivity contribution >= 4 is 67.2 Å². The van der Waals surface area contributed by atoms with E-state index < -0.39 is 15.8 Å². The fourth-order valence-electron chi connectivity index (χ4n) is 2.79. The predicted octanol–water partition coefficient (Wildman–Crippen LogP) is 5.03. The maximum absolute atomic E-state index is 13.5. The second kappa shape index (κ2) is 9.03. The lowest BCUT2D eigenvalue weighted by Gasteiger charge is -2.12. The first-order valence-corrected chi connectivity index (χ1v) is 11.4. The average Bonchev–Trinajstić information content (AvgIpc) is 2.76. The Morgan fingerprint density at radius 1 is 0.938 bits per heavy atom. The van der Waals surface area contributed by atoms with E-state index in [-0.39, 0.29) is 20.8 Å². The summed E-state index contributed by atoms with van der Waals surface area (Å²) in [6.07, 6.45) is 1.36. The molecule has 32 heavy (non-hydrogen) atoms. The zero-order valence-corrected chi connectivity index (χ0v) is 18.6. The molecule has 0 fully saturated rings. The van der Waals surface area contributed by atoms with Gasteiger partial charge >= 0.3 is 0 Å². The molecule has 4 rings (SSSR count). The number of sulfonamides is 1. The highest BCUT2D eigenvalue weighted by Crippen LogP contribution is 2.21. The second-order valence-corrected chi connectivity index (χ2v) is 9.08. The van der Waals surface area contributed by atoms with Crippen LogP contribution in [0.2, 0.25) is 5.02 Å². The third kappa shape index (κ3) is 5.10. The standard InChI is InChI=1S/C21H15ClFN5O2S2/c22-16-10-7-14(11-17(16)23)26-21(31)25-13-5-8-15(9-6-13)32(29,30)28-20-12-24-18-3-1-2-4-19(18)27-20/h1-12H,(H,27,28)(H2,25,26,31). The number of rotatable bonds is 5. The number of para-hydroxylation sites is 2. The highest BCUT2D eigenvalue weighted by atomic mass is 35.5. The smallest absolute Gasteiger partial charge is 0.263 e. The fourth-order valence-corrected chi connectivity index (χ4v) is 4.13. The van der Waals surface area contributed by atoms with Crippen LogP contribution in [-0.4, -0.2) is 23.5 Å². The van der Waals surface area contributed by atoms with Gasteiger partial charge < -0.3 is 10.6 Å². The maximum Gasteiger partial charge on any atom is 0.263 e. The Bertz CT molecular complexity index is 1420. The Morgan fingerprint density at radius 3 is 2.31 bits per heavy atom. The molecule has 1 aromatic heterocycles. The van der Waals surface area contributed by atoms with Gasteiger partial charge in [0.1, 0.15) is 5.82 Å². The molecule has 4 aromatic rings. The second-order valence-electron chi connectivity index (χ2n) is 6.58. The van der Waals surface area contributed by atoms with Gasteiger partial charge in [-0.2, -0.15) is 0 Å². The summed E-state index contributed by atoms with van der Waals surface area (Å²) in [4.78, 5) is 8.51. The molecule has 0 bridgehead atoms. The Hall–Kier alpha value is -3.34. The van der Waals surface area contributed by atoms with Gasteiger partial charge in [0.2, 0.25) is 0 Å². The number of thiocarbonyl (C=S) groups is 1. The molecule has 0 saturated heterocycles. The van der Waals surface area contributed by atoms with Crippen molar-refractivity contribution in [2.24, 2.45) is 0 Å². The van der Waals surface area contributed by atoms with Crippen LogP contribution in [0.1, 0.15) is 0 Å². The van der Waals surface area contributed by atoms with Gasteiger partial charge in [0.15, 0.2) is 10.9 Å². The summed E-state index contributed by atoms with van der Waals surface area (Å²) in [7, 11) is -3.87. The minimum absolute atomic E-state index is 0.00880. The third-order valence-electron chi connectivity index (χ3n) is 4.29. The number of hydrogen-bond donors (Lipinski definition) is 3. The van der Waals surface area contributed by atoms with Gasteiger partial charge in [-0.3, -0.25) is 9.71 Å². The van der Waals surface area contributed by atoms with Gasteiger partial charge in [-0.25, -0.2) is 17.8 Å². The Labute approximate surface area is 193 Å². The molecule has 3 N–H and O–H groups in total. The molecule has 0 aliphatic heterocycles. The zero-order chi connectivity index (χ0) is 22.7. The Morgan fingerprint density at radius 2 is 1.59 bits per heavy atom. The number of aromatic nitrogens is 2. The van der Waals surface area contributed by atoms with Gasteiger partial charge in [0.05, 0.1) is 27.1 Å². The SMILES string of the molecule is O=S(=O)(Nc1cnc2ccccc2n1)c1ccc(NC(=S)Nc2ccc(Cl)c(F)c2)cc1. The van der Waals surface area contributed by atoms with Crippen molar-refractivity contribution in [3.8, 4) is 0 Å². The van der Waals surface area contributed by atoms with E-state index >= 15 is 0 Å². The Balaban J connectivity index is 1.43. The molecule has 3 aromatic carbocycles. The van der Waals surface area contributed by atoms with E-state index in [9.17, 15) is 12.8 Å². The van der Waals surface area contributed by atoms with Crippen LogP contribution in [0.15, 0.2) is 77.8 Å². The normalized spacial score (nSPS) is 11.2. The fraction of sp³-hybridized carbons (Fsp3) is 0. The lowest BCUT2D eigenvalue weighted by Crippen LogP contribution is -2.19. The molecule has 1 heterocycles. The number of halogens is 2. The van der Waals surface area contributed by atoms with Crippen LogP contribution in [0.5, 0.6) is 0 Å².